The van der Waals surface area contributed by atoms with Gasteiger partial charge in [0.2, 0.25) is 5.91 Å². The molecule has 0 aromatic heterocycles. The minimum atomic E-state index is -0.193. The van der Waals surface area contributed by atoms with E-state index in [0.717, 1.165) is 18.4 Å². The van der Waals surface area contributed by atoms with Crippen LogP contribution in [0.2, 0.25) is 0 Å². The number of anilines is 1. The average molecular weight is 337 g/mol. The molecule has 4 nitrogen and oxygen atoms in total. The Morgan fingerprint density at radius 1 is 0.960 bits per heavy atom. The summed E-state index contributed by atoms with van der Waals surface area (Å²) in [6.45, 7) is -0.0689. The van der Waals surface area contributed by atoms with Crippen LogP contribution in [-0.2, 0) is 24.2 Å². The van der Waals surface area contributed by atoms with Crippen LogP contribution in [0.3, 0.4) is 0 Å². The van der Waals surface area contributed by atoms with Crippen molar-refractivity contribution in [3.8, 4) is 0 Å². The van der Waals surface area contributed by atoms with Crippen molar-refractivity contribution in [3.05, 3.63) is 64.7 Å². The molecule has 0 saturated carbocycles. The second kappa shape index (κ2) is 8.08. The number of ketones is 1. The number of hydrogen-bond donors (Lipinski definition) is 2. The van der Waals surface area contributed by atoms with Crippen LogP contribution < -0.4 is 5.32 Å². The number of benzene rings is 2. The van der Waals surface area contributed by atoms with E-state index in [1.54, 1.807) is 24.3 Å². The fraction of sp³-hybridized carbons (Fsp3) is 0.333. The van der Waals surface area contributed by atoms with Crippen LogP contribution in [0.5, 0.6) is 0 Å². The Bertz CT molecular complexity index is 782. The van der Waals surface area contributed by atoms with E-state index < -0.39 is 0 Å². The molecular formula is C21H23NO3. The zero-order valence-electron chi connectivity index (χ0n) is 14.3. The van der Waals surface area contributed by atoms with Gasteiger partial charge in [0, 0.05) is 24.1 Å². The van der Waals surface area contributed by atoms with Crippen molar-refractivity contribution in [2.45, 2.75) is 45.1 Å². The Hall–Kier alpha value is -2.46. The first kappa shape index (κ1) is 17.4. The molecule has 0 radical (unpaired) electrons. The lowest BCUT2D eigenvalue weighted by molar-refractivity contribution is -0.116. The number of Topliss-reactive ketones (excluding diaryl/α,β-unsaturated/α-hetero) is 1. The minimum absolute atomic E-state index is 0.00707. The first-order valence-corrected chi connectivity index (χ1v) is 8.80. The van der Waals surface area contributed by atoms with Gasteiger partial charge in [0.1, 0.15) is 0 Å². The zero-order chi connectivity index (χ0) is 17.6. The van der Waals surface area contributed by atoms with Crippen LogP contribution in [0.1, 0.15) is 52.7 Å². The molecule has 2 aromatic rings. The normalized spacial score (nSPS) is 13.2. The molecule has 3 rings (SSSR count). The molecule has 0 fully saturated rings. The number of carbonyl (C=O) groups is 2. The van der Waals surface area contributed by atoms with Gasteiger partial charge in [0.25, 0.3) is 0 Å². The van der Waals surface area contributed by atoms with Gasteiger partial charge in [0.15, 0.2) is 5.78 Å². The second-order valence-electron chi connectivity index (χ2n) is 6.52. The van der Waals surface area contributed by atoms with E-state index in [1.807, 2.05) is 12.1 Å². The maximum absolute atomic E-state index is 12.4. The van der Waals surface area contributed by atoms with Gasteiger partial charge in [-0.1, -0.05) is 24.3 Å². The summed E-state index contributed by atoms with van der Waals surface area (Å²) in [5, 5.41) is 11.9. The maximum atomic E-state index is 12.4. The number of carbonyl (C=O) groups excluding carboxylic acids is 2. The highest BCUT2D eigenvalue weighted by Gasteiger charge is 2.14. The molecule has 25 heavy (non-hydrogen) atoms. The van der Waals surface area contributed by atoms with E-state index in [0.29, 0.717) is 11.3 Å². The summed E-state index contributed by atoms with van der Waals surface area (Å²) < 4.78 is 0. The topological polar surface area (TPSA) is 66.4 Å². The predicted octanol–water partition coefficient (Wildman–Crippen LogP) is 3.66. The van der Waals surface area contributed by atoms with Crippen molar-refractivity contribution >= 4 is 17.4 Å². The Balaban J connectivity index is 1.55. The monoisotopic (exact) mass is 337 g/mol. The van der Waals surface area contributed by atoms with Crippen LogP contribution in [-0.4, -0.2) is 16.8 Å². The van der Waals surface area contributed by atoms with Gasteiger partial charge in [-0.05, 0) is 60.6 Å². The number of rotatable bonds is 6. The highest BCUT2D eigenvalue weighted by molar-refractivity contribution is 6.00. The first-order chi connectivity index (χ1) is 12.2. The summed E-state index contributed by atoms with van der Waals surface area (Å²) in [5.41, 5.74) is 4.71. The van der Waals surface area contributed by atoms with Crippen molar-refractivity contribution in [1.82, 2.24) is 0 Å². The molecule has 0 aliphatic heterocycles. The van der Waals surface area contributed by atoms with Gasteiger partial charge in [-0.2, -0.15) is 0 Å². The fourth-order valence-corrected chi connectivity index (χ4v) is 3.25. The second-order valence-corrected chi connectivity index (χ2v) is 6.52. The third-order valence-electron chi connectivity index (χ3n) is 4.64. The molecular weight excluding hydrogens is 314 g/mol. The molecule has 0 spiro atoms. The number of nitrogens with one attached hydrogen (secondary N) is 1. The molecule has 130 valence electrons. The lowest BCUT2D eigenvalue weighted by atomic mass is 9.89. The van der Waals surface area contributed by atoms with Crippen molar-refractivity contribution in [3.63, 3.8) is 0 Å². The Morgan fingerprint density at radius 2 is 1.76 bits per heavy atom. The van der Waals surface area contributed by atoms with Crippen LogP contribution in [0.4, 0.5) is 5.69 Å². The number of aliphatic hydroxyl groups is 1. The summed E-state index contributed by atoms with van der Waals surface area (Å²) in [6.07, 6.45) is 4.89. The molecule has 4 heteroatoms. The SMILES string of the molecule is O=C(CCC(=O)c1ccc2c(c1)CCCC2)Nc1cccc(CO)c1. The molecule has 1 amide bonds. The highest BCUT2D eigenvalue weighted by Crippen LogP contribution is 2.23. The van der Waals surface area contributed by atoms with E-state index in [9.17, 15) is 9.59 Å². The molecule has 0 atom stereocenters. The number of amides is 1. The fourth-order valence-electron chi connectivity index (χ4n) is 3.25. The van der Waals surface area contributed by atoms with E-state index in [1.165, 1.54) is 24.0 Å². The van der Waals surface area contributed by atoms with Crippen molar-refractivity contribution in [1.29, 1.82) is 0 Å². The zero-order valence-corrected chi connectivity index (χ0v) is 14.3. The first-order valence-electron chi connectivity index (χ1n) is 8.80. The third kappa shape index (κ3) is 4.54. The van der Waals surface area contributed by atoms with Crippen molar-refractivity contribution in [2.75, 3.05) is 5.32 Å². The Labute approximate surface area is 147 Å². The van der Waals surface area contributed by atoms with Crippen LogP contribution >= 0.6 is 0 Å². The van der Waals surface area contributed by atoms with E-state index >= 15 is 0 Å². The predicted molar refractivity (Wildman–Crippen MR) is 97.6 cm³/mol. The average Bonchev–Trinajstić information content (AvgIpc) is 2.65. The lowest BCUT2D eigenvalue weighted by Gasteiger charge is -2.16. The highest BCUT2D eigenvalue weighted by atomic mass is 16.3. The van der Waals surface area contributed by atoms with Gasteiger partial charge < -0.3 is 10.4 Å². The lowest BCUT2D eigenvalue weighted by Crippen LogP contribution is -2.14. The molecule has 0 saturated heterocycles. The Kier molecular flexibility index (Phi) is 5.61. The summed E-state index contributed by atoms with van der Waals surface area (Å²) in [6, 6.07) is 13.0. The maximum Gasteiger partial charge on any atom is 0.224 e. The quantitative estimate of drug-likeness (QED) is 0.791. The molecule has 2 N–H and O–H groups in total. The van der Waals surface area contributed by atoms with E-state index in [4.69, 9.17) is 5.11 Å². The third-order valence-corrected chi connectivity index (χ3v) is 4.64. The smallest absolute Gasteiger partial charge is 0.224 e. The van der Waals surface area contributed by atoms with Gasteiger partial charge in [0.05, 0.1) is 6.61 Å². The summed E-state index contributed by atoms with van der Waals surface area (Å²) in [5.74, 6) is -0.186. The summed E-state index contributed by atoms with van der Waals surface area (Å²) in [7, 11) is 0. The molecule has 0 bridgehead atoms. The van der Waals surface area contributed by atoms with Crippen LogP contribution in [0.15, 0.2) is 42.5 Å². The van der Waals surface area contributed by atoms with Gasteiger partial charge in [-0.25, -0.2) is 0 Å². The number of fused-ring (bicyclic) bond motifs is 1. The van der Waals surface area contributed by atoms with E-state index in [2.05, 4.69) is 11.4 Å². The van der Waals surface area contributed by atoms with Gasteiger partial charge >= 0.3 is 0 Å². The summed E-state index contributed by atoms with van der Waals surface area (Å²) in [4.78, 5) is 24.4. The van der Waals surface area contributed by atoms with E-state index in [-0.39, 0.29) is 31.1 Å². The number of aryl methyl sites for hydroxylation is 2. The molecule has 0 heterocycles. The van der Waals surface area contributed by atoms with Crippen molar-refractivity contribution < 1.29 is 14.7 Å². The van der Waals surface area contributed by atoms with Gasteiger partial charge in [-0.15, -0.1) is 0 Å². The van der Waals surface area contributed by atoms with Crippen molar-refractivity contribution in [2.24, 2.45) is 0 Å². The standard InChI is InChI=1S/C21H23NO3/c23-14-15-4-3-7-19(12-15)22-21(25)11-10-20(24)18-9-8-16-5-1-2-6-17(16)13-18/h3-4,7-9,12-13,23H,1-2,5-6,10-11,14H2,(H,22,25). The minimum Gasteiger partial charge on any atom is -0.392 e. The molecule has 2 aromatic carbocycles. The molecule has 0 unspecified atom stereocenters. The Morgan fingerprint density at radius 3 is 2.56 bits per heavy atom. The van der Waals surface area contributed by atoms with Crippen LogP contribution in [0, 0.1) is 0 Å². The van der Waals surface area contributed by atoms with Crippen LogP contribution in [0.25, 0.3) is 0 Å². The number of hydrogen-bond acceptors (Lipinski definition) is 3. The summed E-state index contributed by atoms with van der Waals surface area (Å²) >= 11 is 0. The number of aliphatic hydroxyl groups excluding tert-OH is 1. The molecule has 1 aliphatic rings. The molecule has 1 aliphatic carbocycles. The van der Waals surface area contributed by atoms with Gasteiger partial charge in [-0.3, -0.25) is 9.59 Å². The largest absolute Gasteiger partial charge is 0.392 e.